The minimum Gasteiger partial charge on any atom is -0.224 e. The Morgan fingerprint density at radius 1 is 1.26 bits per heavy atom. The summed E-state index contributed by atoms with van der Waals surface area (Å²) >= 11 is 0. The van der Waals surface area contributed by atoms with Gasteiger partial charge in [0.05, 0.1) is 4.90 Å². The van der Waals surface area contributed by atoms with Crippen LogP contribution in [0.1, 0.15) is 25.3 Å². The van der Waals surface area contributed by atoms with Crippen molar-refractivity contribution in [2.24, 2.45) is 0 Å². The molecule has 0 unspecified atom stereocenters. The molecule has 0 radical (unpaired) electrons. The summed E-state index contributed by atoms with van der Waals surface area (Å²) in [4.78, 5) is 0.232. The first-order chi connectivity index (χ1) is 9.02. The predicted octanol–water partition coefficient (Wildman–Crippen LogP) is 2.93. The normalized spacial score (nSPS) is 11.4. The number of hydrogen-bond acceptors (Lipinski definition) is 2. The molecule has 0 saturated heterocycles. The van der Waals surface area contributed by atoms with Crippen LogP contribution < -0.4 is 0 Å². The number of aryl methyl sites for hydroxylation is 1. The molecule has 0 aliphatic heterocycles. The monoisotopic (exact) mass is 277 g/mol. The molecule has 3 nitrogen and oxygen atoms in total. The van der Waals surface area contributed by atoms with Crippen molar-refractivity contribution in [1.82, 2.24) is 4.31 Å². The molecule has 0 atom stereocenters. The molecule has 0 N–H and O–H groups in total. The largest absolute Gasteiger partial charge is 0.270 e. The SMILES string of the molecule is C#CN(CC/C=C\CC)S(=O)(=O)c1ccc(C)cc1. The second-order valence-corrected chi connectivity index (χ2v) is 6.05. The maximum absolute atomic E-state index is 12.3. The fraction of sp³-hybridized carbons (Fsp3) is 0.333. The highest BCUT2D eigenvalue weighted by atomic mass is 32.2. The van der Waals surface area contributed by atoms with Gasteiger partial charge in [-0.15, -0.1) is 0 Å². The van der Waals surface area contributed by atoms with Crippen molar-refractivity contribution in [2.75, 3.05) is 6.54 Å². The molecule has 19 heavy (non-hydrogen) atoms. The average molecular weight is 277 g/mol. The molecule has 1 aromatic rings. The molecule has 4 heteroatoms. The maximum atomic E-state index is 12.3. The van der Waals surface area contributed by atoms with E-state index >= 15 is 0 Å². The van der Waals surface area contributed by atoms with Gasteiger partial charge in [-0.25, -0.2) is 12.7 Å². The number of sulfonamides is 1. The molecular formula is C15H19NO2S. The number of benzene rings is 1. The average Bonchev–Trinajstić information content (AvgIpc) is 2.39. The lowest BCUT2D eigenvalue weighted by Gasteiger charge is -2.17. The molecule has 0 aliphatic carbocycles. The second kappa shape index (κ2) is 7.01. The van der Waals surface area contributed by atoms with Crippen molar-refractivity contribution in [2.45, 2.75) is 31.6 Å². The lowest BCUT2D eigenvalue weighted by atomic mass is 10.2. The van der Waals surface area contributed by atoms with Crippen molar-refractivity contribution in [1.29, 1.82) is 0 Å². The van der Waals surface area contributed by atoms with Crippen molar-refractivity contribution in [3.8, 4) is 12.5 Å². The Balaban J connectivity index is 2.87. The third-order valence-electron chi connectivity index (χ3n) is 2.65. The molecule has 102 valence electrons. The fourth-order valence-corrected chi connectivity index (χ4v) is 2.79. The van der Waals surface area contributed by atoms with Gasteiger partial charge in [0.2, 0.25) is 0 Å². The molecule has 0 fully saturated rings. The minimum absolute atomic E-state index is 0.232. The van der Waals surface area contributed by atoms with Gasteiger partial charge in [0.25, 0.3) is 10.0 Å². The van der Waals surface area contributed by atoms with E-state index in [1.54, 1.807) is 24.3 Å². The van der Waals surface area contributed by atoms with Crippen molar-refractivity contribution >= 4 is 10.0 Å². The van der Waals surface area contributed by atoms with E-state index in [1.807, 2.05) is 26.0 Å². The Bertz CT molecular complexity index is 565. The zero-order chi connectivity index (χ0) is 14.3. The standard InChI is InChI=1S/C15H19NO2S/c1-4-6-7-8-13-16(5-2)19(17,18)15-11-9-14(3)10-12-15/h2,6-7,9-12H,4,8,13H2,1,3H3/b7-6-. The van der Waals surface area contributed by atoms with E-state index in [1.165, 1.54) is 0 Å². The van der Waals surface area contributed by atoms with Crippen LogP contribution in [-0.2, 0) is 10.0 Å². The van der Waals surface area contributed by atoms with E-state index < -0.39 is 10.0 Å². The van der Waals surface area contributed by atoms with Crippen LogP contribution >= 0.6 is 0 Å². The highest BCUT2D eigenvalue weighted by Crippen LogP contribution is 2.16. The van der Waals surface area contributed by atoms with Crippen molar-refractivity contribution < 1.29 is 8.42 Å². The van der Waals surface area contributed by atoms with Gasteiger partial charge in [-0.05, 0) is 31.9 Å². The lowest BCUT2D eigenvalue weighted by molar-refractivity contribution is 0.514. The third-order valence-corrected chi connectivity index (χ3v) is 4.39. The van der Waals surface area contributed by atoms with Gasteiger partial charge in [0.15, 0.2) is 0 Å². The van der Waals surface area contributed by atoms with Crippen LogP contribution in [0.2, 0.25) is 0 Å². The molecule has 0 bridgehead atoms. The molecular weight excluding hydrogens is 258 g/mol. The summed E-state index contributed by atoms with van der Waals surface area (Å²) < 4.78 is 25.6. The van der Waals surface area contributed by atoms with Crippen LogP contribution in [0.15, 0.2) is 41.3 Å². The smallest absolute Gasteiger partial charge is 0.224 e. The predicted molar refractivity (Wildman–Crippen MR) is 78.0 cm³/mol. The maximum Gasteiger partial charge on any atom is 0.270 e. The quantitative estimate of drug-likeness (QED) is 0.455. The number of terminal acetylenes is 1. The van der Waals surface area contributed by atoms with Crippen molar-refractivity contribution in [3.05, 3.63) is 42.0 Å². The van der Waals surface area contributed by atoms with E-state index in [0.29, 0.717) is 13.0 Å². The Morgan fingerprint density at radius 3 is 2.42 bits per heavy atom. The van der Waals surface area contributed by atoms with E-state index in [0.717, 1.165) is 16.3 Å². The summed E-state index contributed by atoms with van der Waals surface area (Å²) in [6, 6.07) is 8.93. The van der Waals surface area contributed by atoms with Gasteiger partial charge in [0, 0.05) is 12.6 Å². The van der Waals surface area contributed by atoms with Gasteiger partial charge in [-0.3, -0.25) is 0 Å². The number of nitrogens with zero attached hydrogens (tertiary/aromatic N) is 1. The van der Waals surface area contributed by atoms with Gasteiger partial charge in [0.1, 0.15) is 0 Å². The topological polar surface area (TPSA) is 37.4 Å². The van der Waals surface area contributed by atoms with Gasteiger partial charge in [-0.2, -0.15) is 0 Å². The van der Waals surface area contributed by atoms with Gasteiger partial charge in [-0.1, -0.05) is 43.2 Å². The fourth-order valence-electron chi connectivity index (χ4n) is 1.57. The van der Waals surface area contributed by atoms with E-state index in [4.69, 9.17) is 6.42 Å². The zero-order valence-electron chi connectivity index (χ0n) is 11.3. The third kappa shape index (κ3) is 4.15. The lowest BCUT2D eigenvalue weighted by Crippen LogP contribution is -2.27. The summed E-state index contributed by atoms with van der Waals surface area (Å²) in [6.45, 7) is 4.23. The highest BCUT2D eigenvalue weighted by Gasteiger charge is 2.20. The Morgan fingerprint density at radius 2 is 1.89 bits per heavy atom. The Labute approximate surface area is 116 Å². The molecule has 1 rings (SSSR count). The number of allylic oxidation sites excluding steroid dienone is 1. The number of hydrogen-bond donors (Lipinski definition) is 0. The summed E-state index contributed by atoms with van der Waals surface area (Å²) in [7, 11) is -3.59. The summed E-state index contributed by atoms with van der Waals surface area (Å²) in [5, 5.41) is 0. The van der Waals surface area contributed by atoms with E-state index in [-0.39, 0.29) is 4.90 Å². The Hall–Kier alpha value is -1.73. The minimum atomic E-state index is -3.59. The second-order valence-electron chi connectivity index (χ2n) is 4.19. The first-order valence-corrected chi connectivity index (χ1v) is 7.67. The zero-order valence-corrected chi connectivity index (χ0v) is 12.2. The van der Waals surface area contributed by atoms with Crippen LogP contribution in [0.4, 0.5) is 0 Å². The molecule has 1 aromatic carbocycles. The van der Waals surface area contributed by atoms with Crippen LogP contribution in [0.5, 0.6) is 0 Å². The van der Waals surface area contributed by atoms with Crippen LogP contribution in [0.3, 0.4) is 0 Å². The molecule has 0 aliphatic rings. The Kier molecular flexibility index (Phi) is 5.65. The van der Waals surface area contributed by atoms with Gasteiger partial charge >= 0.3 is 0 Å². The summed E-state index contributed by atoms with van der Waals surface area (Å²) in [6.07, 6.45) is 10.8. The molecule has 0 saturated carbocycles. The first-order valence-electron chi connectivity index (χ1n) is 6.23. The highest BCUT2D eigenvalue weighted by molar-refractivity contribution is 7.89. The van der Waals surface area contributed by atoms with Crippen LogP contribution in [-0.4, -0.2) is 19.3 Å². The van der Waals surface area contributed by atoms with Crippen LogP contribution in [0, 0.1) is 19.4 Å². The van der Waals surface area contributed by atoms with Crippen molar-refractivity contribution in [3.63, 3.8) is 0 Å². The first kappa shape index (κ1) is 15.3. The summed E-state index contributed by atoms with van der Waals surface area (Å²) in [5.41, 5.74) is 1.01. The van der Waals surface area contributed by atoms with E-state index in [9.17, 15) is 8.42 Å². The molecule has 0 spiro atoms. The van der Waals surface area contributed by atoms with E-state index in [2.05, 4.69) is 6.04 Å². The number of rotatable bonds is 6. The molecule has 0 aromatic heterocycles. The summed E-state index contributed by atoms with van der Waals surface area (Å²) in [5.74, 6) is 0. The van der Waals surface area contributed by atoms with Crippen LogP contribution in [0.25, 0.3) is 0 Å². The molecule has 0 amide bonds. The molecule has 0 heterocycles. The van der Waals surface area contributed by atoms with Gasteiger partial charge < -0.3 is 0 Å².